The third kappa shape index (κ3) is 2.43. The minimum absolute atomic E-state index is 0.312. The van der Waals surface area contributed by atoms with Gasteiger partial charge in [-0.2, -0.15) is 5.10 Å². The van der Waals surface area contributed by atoms with Gasteiger partial charge >= 0.3 is 0 Å². The van der Waals surface area contributed by atoms with Crippen LogP contribution in [0.1, 0.15) is 15.9 Å². The molecule has 104 valence electrons. The smallest absolute Gasteiger partial charge is 0.153 e. The maximum atomic E-state index is 13.2. The van der Waals surface area contributed by atoms with E-state index in [-0.39, 0.29) is 5.82 Å². The maximum absolute atomic E-state index is 13.2. The van der Waals surface area contributed by atoms with Crippen LogP contribution < -0.4 is 0 Å². The van der Waals surface area contributed by atoms with Crippen LogP contribution in [-0.4, -0.2) is 26.0 Å². The summed E-state index contributed by atoms with van der Waals surface area (Å²) in [5.41, 5.74) is 2.79. The van der Waals surface area contributed by atoms with Crippen molar-refractivity contribution in [3.8, 4) is 17.1 Å². The van der Waals surface area contributed by atoms with E-state index in [2.05, 4.69) is 15.1 Å². The Balaban J connectivity index is 2.14. The first-order chi connectivity index (χ1) is 10.2. The van der Waals surface area contributed by atoms with Crippen molar-refractivity contribution in [2.75, 3.05) is 0 Å². The number of carbonyl (C=O) groups is 1. The molecule has 0 radical (unpaired) electrons. The summed E-state index contributed by atoms with van der Waals surface area (Å²) in [5.74, 6) is -0.312. The third-order valence-corrected chi connectivity index (χ3v) is 3.08. The van der Waals surface area contributed by atoms with E-state index in [1.807, 2.05) is 0 Å². The molecule has 0 saturated carbocycles. The molecule has 1 aromatic carbocycles. The van der Waals surface area contributed by atoms with Gasteiger partial charge in [-0.15, -0.1) is 0 Å². The number of aryl methyl sites for hydroxylation is 1. The SMILES string of the molecule is Cc1cc(F)ccc1-n1cc(C=O)c(-c2cnccn2)n1. The molecule has 0 unspecified atom stereocenters. The van der Waals surface area contributed by atoms with Gasteiger partial charge in [0, 0.05) is 18.6 Å². The van der Waals surface area contributed by atoms with Crippen LogP contribution in [0.25, 0.3) is 17.1 Å². The summed E-state index contributed by atoms with van der Waals surface area (Å²) in [6.45, 7) is 1.78. The summed E-state index contributed by atoms with van der Waals surface area (Å²) >= 11 is 0. The van der Waals surface area contributed by atoms with E-state index < -0.39 is 0 Å². The minimum Gasteiger partial charge on any atom is -0.298 e. The van der Waals surface area contributed by atoms with Crippen LogP contribution in [0.3, 0.4) is 0 Å². The third-order valence-electron chi connectivity index (χ3n) is 3.08. The second kappa shape index (κ2) is 5.24. The number of aromatic nitrogens is 4. The van der Waals surface area contributed by atoms with Crippen molar-refractivity contribution in [3.05, 3.63) is 59.9 Å². The fraction of sp³-hybridized carbons (Fsp3) is 0.0667. The van der Waals surface area contributed by atoms with Crippen molar-refractivity contribution >= 4 is 6.29 Å². The largest absolute Gasteiger partial charge is 0.298 e. The van der Waals surface area contributed by atoms with Crippen molar-refractivity contribution in [2.24, 2.45) is 0 Å². The zero-order valence-corrected chi connectivity index (χ0v) is 11.2. The van der Waals surface area contributed by atoms with Gasteiger partial charge in [0.2, 0.25) is 0 Å². The van der Waals surface area contributed by atoms with Crippen molar-refractivity contribution in [1.82, 2.24) is 19.7 Å². The average molecular weight is 282 g/mol. The Kier molecular flexibility index (Phi) is 3.27. The summed E-state index contributed by atoms with van der Waals surface area (Å²) in [4.78, 5) is 19.3. The summed E-state index contributed by atoms with van der Waals surface area (Å²) in [6.07, 6.45) is 6.93. The molecular weight excluding hydrogens is 271 g/mol. The lowest BCUT2D eigenvalue weighted by Crippen LogP contribution is -1.98. The molecule has 3 aromatic rings. The number of benzene rings is 1. The van der Waals surface area contributed by atoms with Crippen molar-refractivity contribution in [2.45, 2.75) is 6.92 Å². The highest BCUT2D eigenvalue weighted by molar-refractivity contribution is 5.84. The van der Waals surface area contributed by atoms with Crippen molar-refractivity contribution < 1.29 is 9.18 Å². The minimum atomic E-state index is -0.312. The number of nitrogens with zero attached hydrogens (tertiary/aromatic N) is 4. The lowest BCUT2D eigenvalue weighted by Gasteiger charge is -2.05. The summed E-state index contributed by atoms with van der Waals surface area (Å²) in [5, 5.41) is 4.37. The number of rotatable bonds is 3. The van der Waals surface area contributed by atoms with Gasteiger partial charge < -0.3 is 0 Å². The Morgan fingerprint density at radius 3 is 2.81 bits per heavy atom. The number of hydrogen-bond acceptors (Lipinski definition) is 4. The molecule has 0 amide bonds. The van der Waals surface area contributed by atoms with E-state index >= 15 is 0 Å². The topological polar surface area (TPSA) is 60.7 Å². The maximum Gasteiger partial charge on any atom is 0.153 e. The highest BCUT2D eigenvalue weighted by atomic mass is 19.1. The fourth-order valence-electron chi connectivity index (χ4n) is 2.09. The van der Waals surface area contributed by atoms with Crippen LogP contribution in [0.4, 0.5) is 4.39 Å². The highest BCUT2D eigenvalue weighted by Crippen LogP contribution is 2.21. The Labute approximate surface area is 120 Å². The van der Waals surface area contributed by atoms with Gasteiger partial charge in [0.15, 0.2) is 6.29 Å². The molecule has 0 N–H and O–H groups in total. The van der Waals surface area contributed by atoms with Crippen molar-refractivity contribution in [3.63, 3.8) is 0 Å². The zero-order valence-electron chi connectivity index (χ0n) is 11.2. The molecule has 0 aliphatic rings. The molecule has 0 aliphatic heterocycles. The van der Waals surface area contributed by atoms with Crippen LogP contribution in [0, 0.1) is 12.7 Å². The first kappa shape index (κ1) is 13.1. The van der Waals surface area contributed by atoms with Crippen molar-refractivity contribution in [1.29, 1.82) is 0 Å². The van der Waals surface area contributed by atoms with Gasteiger partial charge in [-0.05, 0) is 30.7 Å². The van der Waals surface area contributed by atoms with Crippen LogP contribution in [0.5, 0.6) is 0 Å². The van der Waals surface area contributed by atoms with E-state index in [4.69, 9.17) is 0 Å². The molecule has 3 rings (SSSR count). The van der Waals surface area contributed by atoms with Crippen LogP contribution in [0.2, 0.25) is 0 Å². The fourth-order valence-corrected chi connectivity index (χ4v) is 2.09. The quantitative estimate of drug-likeness (QED) is 0.693. The summed E-state index contributed by atoms with van der Waals surface area (Å²) < 4.78 is 14.7. The second-order valence-electron chi connectivity index (χ2n) is 4.52. The monoisotopic (exact) mass is 282 g/mol. The molecule has 0 saturated heterocycles. The summed E-state index contributed by atoms with van der Waals surface area (Å²) in [6, 6.07) is 4.39. The molecule has 0 aliphatic carbocycles. The molecule has 6 heteroatoms. The van der Waals surface area contributed by atoms with Gasteiger partial charge in [0.05, 0.1) is 17.4 Å². The van der Waals surface area contributed by atoms with Crippen LogP contribution >= 0.6 is 0 Å². The normalized spacial score (nSPS) is 10.6. The van der Waals surface area contributed by atoms with E-state index in [0.717, 1.165) is 5.56 Å². The van der Waals surface area contributed by atoms with E-state index in [9.17, 15) is 9.18 Å². The predicted octanol–water partition coefficient (Wildman–Crippen LogP) is 2.59. The first-order valence-corrected chi connectivity index (χ1v) is 6.27. The first-order valence-electron chi connectivity index (χ1n) is 6.27. The Hall–Kier alpha value is -2.89. The van der Waals surface area contributed by atoms with Crippen LogP contribution in [0.15, 0.2) is 43.0 Å². The standard InChI is InChI=1S/C15H11FN4O/c1-10-6-12(16)2-3-14(10)20-8-11(9-21)15(19-20)13-7-17-4-5-18-13/h2-9H,1H3. The predicted molar refractivity (Wildman–Crippen MR) is 74.7 cm³/mol. The molecule has 5 nitrogen and oxygen atoms in total. The van der Waals surface area contributed by atoms with E-state index in [0.29, 0.717) is 28.9 Å². The van der Waals surface area contributed by atoms with E-state index in [1.54, 1.807) is 30.1 Å². The average Bonchev–Trinajstić information content (AvgIpc) is 2.92. The molecule has 0 fully saturated rings. The van der Waals surface area contributed by atoms with Gasteiger partial charge in [-0.25, -0.2) is 9.07 Å². The van der Waals surface area contributed by atoms with Gasteiger partial charge in [-0.3, -0.25) is 14.8 Å². The lowest BCUT2D eigenvalue weighted by molar-refractivity contribution is 0.112. The zero-order chi connectivity index (χ0) is 14.8. The van der Waals surface area contributed by atoms with E-state index in [1.165, 1.54) is 24.5 Å². The molecule has 0 atom stereocenters. The highest BCUT2D eigenvalue weighted by Gasteiger charge is 2.14. The molecule has 0 bridgehead atoms. The molecule has 0 spiro atoms. The molecule has 21 heavy (non-hydrogen) atoms. The number of aldehydes is 1. The Morgan fingerprint density at radius 2 is 2.14 bits per heavy atom. The number of carbonyl (C=O) groups excluding carboxylic acids is 1. The molecular formula is C15H11FN4O. The lowest BCUT2D eigenvalue weighted by atomic mass is 10.2. The van der Waals surface area contributed by atoms with Gasteiger partial charge in [-0.1, -0.05) is 0 Å². The van der Waals surface area contributed by atoms with Crippen LogP contribution in [-0.2, 0) is 0 Å². The Morgan fingerprint density at radius 1 is 1.29 bits per heavy atom. The number of halogens is 1. The number of hydrogen-bond donors (Lipinski definition) is 0. The molecule has 2 aromatic heterocycles. The summed E-state index contributed by atoms with van der Waals surface area (Å²) in [7, 11) is 0. The van der Waals surface area contributed by atoms with Gasteiger partial charge in [0.1, 0.15) is 17.2 Å². The van der Waals surface area contributed by atoms with Gasteiger partial charge in [0.25, 0.3) is 0 Å². The second-order valence-corrected chi connectivity index (χ2v) is 4.52. The molecule has 2 heterocycles. The Bertz CT molecular complexity index is 799.